The molecule has 0 aromatic heterocycles. The Morgan fingerprint density at radius 2 is 1.86 bits per heavy atom. The van der Waals surface area contributed by atoms with Crippen LogP contribution >= 0.6 is 0 Å². The van der Waals surface area contributed by atoms with Gasteiger partial charge in [0.1, 0.15) is 0 Å². The Balaban J connectivity index is 2.17. The summed E-state index contributed by atoms with van der Waals surface area (Å²) in [6.45, 7) is 6.16. The minimum atomic E-state index is -0.207. The molecule has 1 fully saturated rings. The highest BCUT2D eigenvalue weighted by atomic mass is 16.7. The molecule has 74 valence electrons. The quantitative estimate of drug-likeness (QED) is 0.626. The fourth-order valence-corrected chi connectivity index (χ4v) is 1.51. The van der Waals surface area contributed by atoms with Gasteiger partial charge in [0.05, 0.1) is 11.7 Å². The van der Waals surface area contributed by atoms with Crippen LogP contribution in [0, 0.1) is 0 Å². The Labute approximate surface area is 85.4 Å². The summed E-state index contributed by atoms with van der Waals surface area (Å²) in [5.74, 6) is 0. The Morgan fingerprint density at radius 1 is 1.21 bits per heavy atom. The van der Waals surface area contributed by atoms with Crippen molar-refractivity contribution in [1.82, 2.24) is 0 Å². The second kappa shape index (κ2) is 3.41. The van der Waals surface area contributed by atoms with Gasteiger partial charge in [-0.25, -0.2) is 0 Å². The van der Waals surface area contributed by atoms with Gasteiger partial charge < -0.3 is 9.31 Å². The van der Waals surface area contributed by atoms with E-state index in [0.717, 1.165) is 5.46 Å². The van der Waals surface area contributed by atoms with Crippen LogP contribution in [0.2, 0.25) is 0 Å². The van der Waals surface area contributed by atoms with Crippen LogP contribution < -0.4 is 5.46 Å². The highest BCUT2D eigenvalue weighted by Gasteiger charge is 2.43. The van der Waals surface area contributed by atoms with Crippen LogP contribution in [0.25, 0.3) is 0 Å². The van der Waals surface area contributed by atoms with Crippen LogP contribution in [0.15, 0.2) is 30.3 Å². The molecule has 0 radical (unpaired) electrons. The molecular formula is C11H15BO2. The minimum absolute atomic E-state index is 0.132. The zero-order chi connectivity index (χ0) is 10.2. The molecule has 3 heteroatoms. The Morgan fingerprint density at radius 3 is 2.36 bits per heavy atom. The van der Waals surface area contributed by atoms with Crippen LogP contribution in [0.1, 0.15) is 20.8 Å². The van der Waals surface area contributed by atoms with Crippen molar-refractivity contribution < 1.29 is 9.31 Å². The molecule has 0 saturated carbocycles. The van der Waals surface area contributed by atoms with E-state index in [2.05, 4.69) is 13.8 Å². The summed E-state index contributed by atoms with van der Waals surface area (Å²) >= 11 is 0. The van der Waals surface area contributed by atoms with Gasteiger partial charge in [0, 0.05) is 0 Å². The molecule has 1 aromatic rings. The topological polar surface area (TPSA) is 18.5 Å². The van der Waals surface area contributed by atoms with Gasteiger partial charge >= 0.3 is 7.12 Å². The van der Waals surface area contributed by atoms with E-state index in [9.17, 15) is 0 Å². The monoisotopic (exact) mass is 190 g/mol. The molecule has 14 heavy (non-hydrogen) atoms. The maximum Gasteiger partial charge on any atom is 0.494 e. The van der Waals surface area contributed by atoms with Gasteiger partial charge in [0.25, 0.3) is 0 Å². The summed E-state index contributed by atoms with van der Waals surface area (Å²) in [5.41, 5.74) is 0.894. The summed E-state index contributed by atoms with van der Waals surface area (Å²) in [7, 11) is -0.207. The second-order valence-electron chi connectivity index (χ2n) is 4.24. The number of rotatable bonds is 1. The summed E-state index contributed by atoms with van der Waals surface area (Å²) in [5, 5.41) is 0. The molecule has 0 N–H and O–H groups in total. The van der Waals surface area contributed by atoms with E-state index < -0.39 is 0 Å². The maximum absolute atomic E-state index is 5.82. The molecule has 0 bridgehead atoms. The predicted octanol–water partition coefficient (Wildman–Crippen LogP) is 1.60. The van der Waals surface area contributed by atoms with Gasteiger partial charge in [-0.05, 0) is 26.2 Å². The third-order valence-electron chi connectivity index (χ3n) is 2.79. The SMILES string of the molecule is CC1OB(c2ccccc2)OC1(C)C. The van der Waals surface area contributed by atoms with Crippen LogP contribution in [0.5, 0.6) is 0 Å². The molecule has 1 aliphatic heterocycles. The Hall–Kier alpha value is -0.795. The van der Waals surface area contributed by atoms with Gasteiger partial charge in [-0.3, -0.25) is 0 Å². The summed E-state index contributed by atoms with van der Waals surface area (Å²) < 4.78 is 11.6. The molecule has 1 saturated heterocycles. The van der Waals surface area contributed by atoms with Gasteiger partial charge in [0.2, 0.25) is 0 Å². The third kappa shape index (κ3) is 1.70. The summed E-state index contributed by atoms with van der Waals surface area (Å²) in [4.78, 5) is 0. The van der Waals surface area contributed by atoms with E-state index in [1.165, 1.54) is 0 Å². The fourth-order valence-electron chi connectivity index (χ4n) is 1.51. The van der Waals surface area contributed by atoms with Gasteiger partial charge in [-0.1, -0.05) is 30.3 Å². The largest absolute Gasteiger partial charge is 0.494 e. The van der Waals surface area contributed by atoms with Crippen molar-refractivity contribution in [2.75, 3.05) is 0 Å². The summed E-state index contributed by atoms with van der Waals surface area (Å²) in [6.07, 6.45) is 0.132. The lowest BCUT2D eigenvalue weighted by atomic mass is 9.79. The van der Waals surface area contributed by atoms with Crippen LogP contribution in [0.3, 0.4) is 0 Å². The van der Waals surface area contributed by atoms with Crippen LogP contribution in [-0.4, -0.2) is 18.8 Å². The van der Waals surface area contributed by atoms with Crippen LogP contribution in [-0.2, 0) is 9.31 Å². The first kappa shape index (κ1) is 9.75. The normalized spacial score (nSPS) is 25.4. The first-order valence-corrected chi connectivity index (χ1v) is 4.98. The fraction of sp³-hybridized carbons (Fsp3) is 0.455. The summed E-state index contributed by atoms with van der Waals surface area (Å²) in [6, 6.07) is 10.0. The second-order valence-corrected chi connectivity index (χ2v) is 4.24. The van der Waals surface area contributed by atoms with Crippen molar-refractivity contribution >= 4 is 12.6 Å². The molecule has 1 aromatic carbocycles. The molecule has 1 atom stereocenters. The molecule has 1 aliphatic rings. The maximum atomic E-state index is 5.82. The predicted molar refractivity (Wildman–Crippen MR) is 57.5 cm³/mol. The molecule has 2 rings (SSSR count). The van der Waals surface area contributed by atoms with E-state index in [1.807, 2.05) is 37.3 Å². The Kier molecular flexibility index (Phi) is 2.37. The Bertz CT molecular complexity index is 310. The van der Waals surface area contributed by atoms with Crippen molar-refractivity contribution in [2.24, 2.45) is 0 Å². The van der Waals surface area contributed by atoms with Crippen LogP contribution in [0.4, 0.5) is 0 Å². The lowest BCUT2D eigenvalue weighted by molar-refractivity contribution is 0.0842. The average Bonchev–Trinajstić information content (AvgIpc) is 2.43. The van der Waals surface area contributed by atoms with Gasteiger partial charge in [-0.2, -0.15) is 0 Å². The first-order chi connectivity index (χ1) is 6.59. The molecule has 0 amide bonds. The molecule has 0 aliphatic carbocycles. The minimum Gasteiger partial charge on any atom is -0.402 e. The molecule has 2 nitrogen and oxygen atoms in total. The lowest BCUT2D eigenvalue weighted by Crippen LogP contribution is -2.34. The average molecular weight is 190 g/mol. The van der Waals surface area contributed by atoms with Crippen molar-refractivity contribution in [3.63, 3.8) is 0 Å². The van der Waals surface area contributed by atoms with Crippen molar-refractivity contribution in [3.8, 4) is 0 Å². The van der Waals surface area contributed by atoms with Gasteiger partial charge in [0.15, 0.2) is 0 Å². The number of hydrogen-bond donors (Lipinski definition) is 0. The van der Waals surface area contributed by atoms with Crippen molar-refractivity contribution in [3.05, 3.63) is 30.3 Å². The van der Waals surface area contributed by atoms with E-state index in [0.29, 0.717) is 0 Å². The van der Waals surface area contributed by atoms with E-state index >= 15 is 0 Å². The lowest BCUT2D eigenvalue weighted by Gasteiger charge is -2.21. The smallest absolute Gasteiger partial charge is 0.402 e. The van der Waals surface area contributed by atoms with Crippen molar-refractivity contribution in [1.29, 1.82) is 0 Å². The van der Waals surface area contributed by atoms with Crippen molar-refractivity contribution in [2.45, 2.75) is 32.5 Å². The number of benzene rings is 1. The number of hydrogen-bond acceptors (Lipinski definition) is 2. The molecule has 0 spiro atoms. The standard InChI is InChI=1S/C11H15BO2/c1-9-11(2,3)14-12(13-9)10-7-5-4-6-8-10/h4-9H,1-3H3. The van der Waals surface area contributed by atoms with E-state index in [4.69, 9.17) is 9.31 Å². The van der Waals surface area contributed by atoms with E-state index in [-0.39, 0.29) is 18.8 Å². The highest BCUT2D eigenvalue weighted by Crippen LogP contribution is 2.26. The molecular weight excluding hydrogens is 175 g/mol. The first-order valence-electron chi connectivity index (χ1n) is 4.98. The third-order valence-corrected chi connectivity index (χ3v) is 2.79. The molecule has 1 heterocycles. The zero-order valence-electron chi connectivity index (χ0n) is 8.86. The van der Waals surface area contributed by atoms with Gasteiger partial charge in [-0.15, -0.1) is 0 Å². The highest BCUT2D eigenvalue weighted by molar-refractivity contribution is 6.61. The zero-order valence-corrected chi connectivity index (χ0v) is 8.86. The molecule has 1 unspecified atom stereocenters. The van der Waals surface area contributed by atoms with E-state index in [1.54, 1.807) is 0 Å².